The first-order valence-electron chi connectivity index (χ1n) is 8.24. The van der Waals surface area contributed by atoms with Crippen LogP contribution in [0, 0.1) is 6.92 Å². The molecule has 0 bridgehead atoms. The maximum absolute atomic E-state index is 5.76. The third kappa shape index (κ3) is 4.34. The average molecular weight is 301 g/mol. The molecule has 0 fully saturated rings. The van der Waals surface area contributed by atoms with E-state index in [2.05, 4.69) is 48.4 Å². The fourth-order valence-electron chi connectivity index (χ4n) is 2.41. The molecule has 2 aromatic rings. The van der Waals surface area contributed by atoms with Crippen LogP contribution < -0.4 is 10.1 Å². The number of aromatic amines is 1. The van der Waals surface area contributed by atoms with E-state index in [0.717, 1.165) is 48.8 Å². The number of unbranched alkanes of at least 4 members (excludes halogenated alkanes) is 2. The predicted molar refractivity (Wildman–Crippen MR) is 91.2 cm³/mol. The number of hydrogen-bond donors (Lipinski definition) is 2. The summed E-state index contributed by atoms with van der Waals surface area (Å²) in [5.41, 5.74) is 4.50. The lowest BCUT2D eigenvalue weighted by molar-refractivity contribution is 0.306. The molecule has 0 aliphatic heterocycles. The number of aromatic nitrogens is 2. The molecule has 0 unspecified atom stereocenters. The zero-order valence-corrected chi connectivity index (χ0v) is 13.9. The molecule has 1 aromatic heterocycles. The molecule has 2 rings (SSSR count). The van der Waals surface area contributed by atoms with Gasteiger partial charge in [-0.1, -0.05) is 26.7 Å². The molecule has 0 aliphatic carbocycles. The summed E-state index contributed by atoms with van der Waals surface area (Å²) in [6.45, 7) is 8.96. The molecule has 22 heavy (non-hydrogen) atoms. The summed E-state index contributed by atoms with van der Waals surface area (Å²) < 4.78 is 5.76. The van der Waals surface area contributed by atoms with Crippen molar-refractivity contribution in [2.24, 2.45) is 0 Å². The van der Waals surface area contributed by atoms with Crippen LogP contribution in [0.15, 0.2) is 24.3 Å². The molecule has 0 radical (unpaired) electrons. The van der Waals surface area contributed by atoms with Crippen LogP contribution in [0.4, 0.5) is 0 Å². The Kier molecular flexibility index (Phi) is 6.46. The molecule has 0 atom stereocenters. The highest BCUT2D eigenvalue weighted by atomic mass is 16.5. The Hall–Kier alpha value is -1.81. The minimum atomic E-state index is 0.792. The van der Waals surface area contributed by atoms with Gasteiger partial charge in [0.2, 0.25) is 0 Å². The van der Waals surface area contributed by atoms with Crippen LogP contribution in [0.25, 0.3) is 11.3 Å². The van der Waals surface area contributed by atoms with Crippen molar-refractivity contribution >= 4 is 0 Å². The van der Waals surface area contributed by atoms with Crippen LogP contribution in [0.1, 0.15) is 44.4 Å². The molecule has 0 saturated carbocycles. The van der Waals surface area contributed by atoms with Crippen molar-refractivity contribution in [1.82, 2.24) is 15.5 Å². The number of H-pyrrole nitrogens is 1. The van der Waals surface area contributed by atoms with Gasteiger partial charge in [0.25, 0.3) is 0 Å². The van der Waals surface area contributed by atoms with Crippen LogP contribution in [0.3, 0.4) is 0 Å². The Balaban J connectivity index is 2.04. The maximum Gasteiger partial charge on any atom is 0.119 e. The van der Waals surface area contributed by atoms with E-state index in [-0.39, 0.29) is 0 Å². The second-order valence-electron chi connectivity index (χ2n) is 5.54. The van der Waals surface area contributed by atoms with Gasteiger partial charge < -0.3 is 10.1 Å². The van der Waals surface area contributed by atoms with Gasteiger partial charge in [-0.3, -0.25) is 5.10 Å². The van der Waals surface area contributed by atoms with Crippen molar-refractivity contribution in [1.29, 1.82) is 0 Å². The number of benzene rings is 1. The van der Waals surface area contributed by atoms with Crippen molar-refractivity contribution < 1.29 is 4.74 Å². The largest absolute Gasteiger partial charge is 0.494 e. The summed E-state index contributed by atoms with van der Waals surface area (Å²) in [5, 5.41) is 10.9. The third-order valence-electron chi connectivity index (χ3n) is 3.77. The van der Waals surface area contributed by atoms with Gasteiger partial charge in [-0.05, 0) is 44.2 Å². The van der Waals surface area contributed by atoms with Crippen LogP contribution in [0.5, 0.6) is 5.75 Å². The van der Waals surface area contributed by atoms with E-state index in [1.54, 1.807) is 0 Å². The van der Waals surface area contributed by atoms with E-state index in [9.17, 15) is 0 Å². The van der Waals surface area contributed by atoms with Crippen LogP contribution in [-0.4, -0.2) is 23.3 Å². The van der Waals surface area contributed by atoms with Crippen molar-refractivity contribution in [3.8, 4) is 17.0 Å². The number of nitrogens with zero attached hydrogens (tertiary/aromatic N) is 1. The second kappa shape index (κ2) is 8.59. The monoisotopic (exact) mass is 301 g/mol. The first kappa shape index (κ1) is 16.6. The summed E-state index contributed by atoms with van der Waals surface area (Å²) in [7, 11) is 0. The topological polar surface area (TPSA) is 49.9 Å². The SMILES string of the molecule is CCCCCOc1ccc(-c2n[nH]c(C)c2CNCC)cc1. The lowest BCUT2D eigenvalue weighted by atomic mass is 10.1. The van der Waals surface area contributed by atoms with Gasteiger partial charge in [0, 0.05) is 23.4 Å². The smallest absolute Gasteiger partial charge is 0.119 e. The van der Waals surface area contributed by atoms with E-state index in [1.165, 1.54) is 18.4 Å². The van der Waals surface area contributed by atoms with E-state index in [4.69, 9.17) is 4.74 Å². The van der Waals surface area contributed by atoms with Crippen LogP contribution >= 0.6 is 0 Å². The quantitative estimate of drug-likeness (QED) is 0.687. The molecule has 2 N–H and O–H groups in total. The van der Waals surface area contributed by atoms with Gasteiger partial charge in [-0.15, -0.1) is 0 Å². The number of nitrogens with one attached hydrogen (secondary N) is 2. The van der Waals surface area contributed by atoms with Gasteiger partial charge in [-0.2, -0.15) is 5.10 Å². The first-order valence-corrected chi connectivity index (χ1v) is 8.24. The lowest BCUT2D eigenvalue weighted by Gasteiger charge is -2.08. The van der Waals surface area contributed by atoms with Gasteiger partial charge in [0.15, 0.2) is 0 Å². The summed E-state index contributed by atoms with van der Waals surface area (Å²) in [5.74, 6) is 0.931. The van der Waals surface area contributed by atoms with E-state index < -0.39 is 0 Å². The third-order valence-corrected chi connectivity index (χ3v) is 3.77. The van der Waals surface area contributed by atoms with Gasteiger partial charge in [0.1, 0.15) is 5.75 Å². The molecule has 0 spiro atoms. The van der Waals surface area contributed by atoms with E-state index in [1.807, 2.05) is 12.1 Å². The molecule has 4 nitrogen and oxygen atoms in total. The highest BCUT2D eigenvalue weighted by Gasteiger charge is 2.11. The van der Waals surface area contributed by atoms with Crippen LogP contribution in [0.2, 0.25) is 0 Å². The van der Waals surface area contributed by atoms with E-state index >= 15 is 0 Å². The van der Waals surface area contributed by atoms with Crippen molar-refractivity contribution in [2.45, 2.75) is 46.6 Å². The van der Waals surface area contributed by atoms with Gasteiger partial charge >= 0.3 is 0 Å². The van der Waals surface area contributed by atoms with E-state index in [0.29, 0.717) is 0 Å². The standard InChI is InChI=1S/C18H27N3O/c1-4-6-7-12-22-16-10-8-15(9-11-16)18-17(13-19-5-2)14(3)20-21-18/h8-11,19H,4-7,12-13H2,1-3H3,(H,20,21). The summed E-state index contributed by atoms with van der Waals surface area (Å²) >= 11 is 0. The Morgan fingerprint density at radius 2 is 1.91 bits per heavy atom. The molecule has 4 heteroatoms. The Labute approximate surface area is 133 Å². The van der Waals surface area contributed by atoms with Crippen molar-refractivity contribution in [2.75, 3.05) is 13.2 Å². The Bertz CT molecular complexity index is 560. The van der Waals surface area contributed by atoms with Gasteiger partial charge in [0.05, 0.1) is 12.3 Å². The first-order chi connectivity index (χ1) is 10.8. The number of rotatable bonds is 9. The molecule has 0 aliphatic rings. The minimum Gasteiger partial charge on any atom is -0.494 e. The normalized spacial score (nSPS) is 10.9. The molecular formula is C18H27N3O. The summed E-state index contributed by atoms with van der Waals surface area (Å²) in [6.07, 6.45) is 3.55. The lowest BCUT2D eigenvalue weighted by Crippen LogP contribution is -2.12. The predicted octanol–water partition coefficient (Wildman–Crippen LogP) is 4.06. The zero-order valence-electron chi connectivity index (χ0n) is 13.9. The molecular weight excluding hydrogens is 274 g/mol. The Morgan fingerprint density at radius 3 is 2.59 bits per heavy atom. The maximum atomic E-state index is 5.76. The average Bonchev–Trinajstić information content (AvgIpc) is 2.91. The molecule has 1 heterocycles. The highest BCUT2D eigenvalue weighted by molar-refractivity contribution is 5.64. The van der Waals surface area contributed by atoms with Gasteiger partial charge in [-0.25, -0.2) is 0 Å². The Morgan fingerprint density at radius 1 is 1.14 bits per heavy atom. The molecule has 0 amide bonds. The van der Waals surface area contributed by atoms with Crippen molar-refractivity contribution in [3.05, 3.63) is 35.5 Å². The number of ether oxygens (including phenoxy) is 1. The highest BCUT2D eigenvalue weighted by Crippen LogP contribution is 2.25. The zero-order chi connectivity index (χ0) is 15.8. The van der Waals surface area contributed by atoms with Crippen molar-refractivity contribution in [3.63, 3.8) is 0 Å². The number of aryl methyl sites for hydroxylation is 1. The minimum absolute atomic E-state index is 0.792. The van der Waals surface area contributed by atoms with Crippen LogP contribution in [-0.2, 0) is 6.54 Å². The molecule has 1 aromatic carbocycles. The summed E-state index contributed by atoms with van der Waals surface area (Å²) in [6, 6.07) is 8.23. The number of hydrogen-bond acceptors (Lipinski definition) is 3. The second-order valence-corrected chi connectivity index (χ2v) is 5.54. The fraction of sp³-hybridized carbons (Fsp3) is 0.500. The molecule has 0 saturated heterocycles. The summed E-state index contributed by atoms with van der Waals surface area (Å²) in [4.78, 5) is 0. The fourth-order valence-corrected chi connectivity index (χ4v) is 2.41. The molecule has 120 valence electrons.